The van der Waals surface area contributed by atoms with E-state index in [2.05, 4.69) is 16.0 Å². The van der Waals surface area contributed by atoms with E-state index >= 15 is 0 Å². The van der Waals surface area contributed by atoms with Gasteiger partial charge in [-0.25, -0.2) is 13.4 Å². The Balaban J connectivity index is 1.60. The van der Waals surface area contributed by atoms with E-state index in [1.165, 1.54) is 10.6 Å². The monoisotopic (exact) mass is 418 g/mol. The van der Waals surface area contributed by atoms with Gasteiger partial charge in [-0.3, -0.25) is 9.69 Å². The van der Waals surface area contributed by atoms with E-state index in [1.807, 2.05) is 18.2 Å². The molecule has 0 aliphatic carbocycles. The first-order chi connectivity index (χ1) is 13.8. The fourth-order valence-electron chi connectivity index (χ4n) is 4.21. The van der Waals surface area contributed by atoms with E-state index in [9.17, 15) is 13.2 Å². The summed E-state index contributed by atoms with van der Waals surface area (Å²) in [6, 6.07) is 7.97. The molecule has 29 heavy (non-hydrogen) atoms. The highest BCUT2D eigenvalue weighted by atomic mass is 32.2. The van der Waals surface area contributed by atoms with E-state index in [-0.39, 0.29) is 18.1 Å². The van der Waals surface area contributed by atoms with Crippen molar-refractivity contribution in [2.24, 2.45) is 0 Å². The van der Waals surface area contributed by atoms with Crippen LogP contribution in [0.4, 0.5) is 0 Å². The van der Waals surface area contributed by atoms with Gasteiger partial charge in [-0.15, -0.1) is 0 Å². The minimum atomic E-state index is -3.31. The van der Waals surface area contributed by atoms with Gasteiger partial charge in [-0.1, -0.05) is 12.1 Å². The Morgan fingerprint density at radius 2 is 2.14 bits per heavy atom. The van der Waals surface area contributed by atoms with Crippen LogP contribution >= 0.6 is 0 Å². The normalized spacial score (nSPS) is 20.6. The molecule has 1 saturated heterocycles. The number of benzene rings is 1. The topological polar surface area (TPSA) is 95.6 Å². The Morgan fingerprint density at radius 3 is 2.90 bits per heavy atom. The number of sulfonamides is 1. The molecule has 4 rings (SSSR count). The molecule has 1 aromatic carbocycles. The Kier molecular flexibility index (Phi) is 5.46. The van der Waals surface area contributed by atoms with Gasteiger partial charge in [0, 0.05) is 18.7 Å². The van der Waals surface area contributed by atoms with Gasteiger partial charge in [0.2, 0.25) is 10.0 Å². The van der Waals surface area contributed by atoms with Crippen molar-refractivity contribution in [2.75, 3.05) is 26.5 Å². The first-order valence-electron chi connectivity index (χ1n) is 9.79. The molecule has 0 radical (unpaired) electrons. The maximum Gasteiger partial charge on any atom is 0.254 e. The van der Waals surface area contributed by atoms with Gasteiger partial charge in [0.05, 0.1) is 31.6 Å². The molecule has 2 aromatic rings. The maximum atomic E-state index is 12.6. The number of fused-ring (bicyclic) bond motifs is 1. The highest BCUT2D eigenvalue weighted by molar-refractivity contribution is 7.88. The standard InChI is InChI=1S/C20H26N4O4S/c1-28-15-6-3-5-14(11-15)12-23-9-4-7-18(23)19-21-17-13-24(29(2,26)27)10-8-16(17)20(25)22-19/h3,5-6,11,18H,4,7-10,12-13H2,1-2H3,(H,21,22,25). The third-order valence-corrected chi connectivity index (χ3v) is 6.97. The fraction of sp³-hybridized carbons (Fsp3) is 0.500. The van der Waals surface area contributed by atoms with Crippen molar-refractivity contribution in [1.29, 1.82) is 0 Å². The first-order valence-corrected chi connectivity index (χ1v) is 11.6. The number of aromatic amines is 1. The van der Waals surface area contributed by atoms with Crippen LogP contribution in [0.25, 0.3) is 0 Å². The summed E-state index contributed by atoms with van der Waals surface area (Å²) < 4.78 is 30.5. The number of nitrogens with zero attached hydrogens (tertiary/aromatic N) is 3. The summed E-state index contributed by atoms with van der Waals surface area (Å²) in [6.45, 7) is 2.13. The van der Waals surface area contributed by atoms with Crippen molar-refractivity contribution in [3.8, 4) is 5.75 Å². The summed E-state index contributed by atoms with van der Waals surface area (Å²) in [5, 5.41) is 0. The molecule has 156 valence electrons. The van der Waals surface area contributed by atoms with E-state index < -0.39 is 10.0 Å². The van der Waals surface area contributed by atoms with E-state index in [0.717, 1.165) is 37.2 Å². The Hall–Kier alpha value is -2.23. The lowest BCUT2D eigenvalue weighted by Crippen LogP contribution is -2.39. The van der Waals surface area contributed by atoms with Gasteiger partial charge in [0.15, 0.2) is 0 Å². The third-order valence-electron chi connectivity index (χ3n) is 5.72. The van der Waals surface area contributed by atoms with Crippen LogP contribution in [0.5, 0.6) is 5.75 Å². The van der Waals surface area contributed by atoms with Gasteiger partial charge in [0.25, 0.3) is 5.56 Å². The largest absolute Gasteiger partial charge is 0.497 e. The molecule has 0 amide bonds. The highest BCUT2D eigenvalue weighted by Crippen LogP contribution is 2.32. The number of likely N-dealkylation sites (tertiary alicyclic amines) is 1. The molecule has 1 atom stereocenters. The number of hydrogen-bond donors (Lipinski definition) is 1. The van der Waals surface area contributed by atoms with Gasteiger partial charge >= 0.3 is 0 Å². The van der Waals surface area contributed by atoms with Crippen LogP contribution in [0, 0.1) is 0 Å². The lowest BCUT2D eigenvalue weighted by molar-refractivity contribution is 0.238. The second kappa shape index (κ2) is 7.89. The molecule has 0 spiro atoms. The highest BCUT2D eigenvalue weighted by Gasteiger charge is 2.31. The van der Waals surface area contributed by atoms with Gasteiger partial charge < -0.3 is 9.72 Å². The van der Waals surface area contributed by atoms with E-state index in [1.54, 1.807) is 7.11 Å². The zero-order valence-corrected chi connectivity index (χ0v) is 17.5. The van der Waals surface area contributed by atoms with Crippen molar-refractivity contribution in [1.82, 2.24) is 19.2 Å². The molecule has 0 bridgehead atoms. The van der Waals surface area contributed by atoms with Crippen LogP contribution in [0.2, 0.25) is 0 Å². The smallest absolute Gasteiger partial charge is 0.254 e. The van der Waals surface area contributed by atoms with Crippen molar-refractivity contribution in [2.45, 2.75) is 38.4 Å². The quantitative estimate of drug-likeness (QED) is 0.789. The first kappa shape index (κ1) is 20.1. The zero-order valence-electron chi connectivity index (χ0n) is 16.7. The van der Waals surface area contributed by atoms with Crippen LogP contribution in [-0.2, 0) is 29.5 Å². The number of aromatic nitrogens is 2. The number of rotatable bonds is 5. The average molecular weight is 419 g/mol. The Bertz CT molecular complexity index is 1070. The Morgan fingerprint density at radius 1 is 1.31 bits per heavy atom. The zero-order chi connectivity index (χ0) is 20.6. The van der Waals surface area contributed by atoms with Crippen LogP contribution in [-0.4, -0.2) is 54.0 Å². The van der Waals surface area contributed by atoms with E-state index in [0.29, 0.717) is 30.0 Å². The molecule has 8 nitrogen and oxygen atoms in total. The number of nitrogens with one attached hydrogen (secondary N) is 1. The summed E-state index contributed by atoms with van der Waals surface area (Å²) in [6.07, 6.45) is 3.51. The van der Waals surface area contributed by atoms with Gasteiger partial charge in [0.1, 0.15) is 11.6 Å². The SMILES string of the molecule is COc1cccc(CN2CCCC2c2nc3c(c(=O)[nH]2)CCN(S(C)(=O)=O)C3)c1. The third kappa shape index (κ3) is 4.22. The second-order valence-electron chi connectivity index (χ2n) is 7.70. The Labute approximate surface area is 170 Å². The van der Waals surface area contributed by atoms with Crippen LogP contribution in [0.3, 0.4) is 0 Å². The van der Waals surface area contributed by atoms with Crippen molar-refractivity contribution in [3.63, 3.8) is 0 Å². The molecule has 9 heteroatoms. The van der Waals surface area contributed by atoms with Crippen molar-refractivity contribution >= 4 is 10.0 Å². The summed E-state index contributed by atoms with van der Waals surface area (Å²) in [5.74, 6) is 1.45. The minimum Gasteiger partial charge on any atom is -0.497 e. The van der Waals surface area contributed by atoms with Crippen LogP contribution < -0.4 is 10.3 Å². The maximum absolute atomic E-state index is 12.6. The number of hydrogen-bond acceptors (Lipinski definition) is 6. The predicted octanol–water partition coefficient (Wildman–Crippen LogP) is 1.43. The van der Waals surface area contributed by atoms with Crippen LogP contribution in [0.15, 0.2) is 29.1 Å². The van der Waals surface area contributed by atoms with Crippen molar-refractivity contribution in [3.05, 3.63) is 57.3 Å². The summed E-state index contributed by atoms with van der Waals surface area (Å²) >= 11 is 0. The molecule has 2 aliphatic heterocycles. The van der Waals surface area contributed by atoms with Crippen molar-refractivity contribution < 1.29 is 13.2 Å². The minimum absolute atomic E-state index is 0.00723. The fourth-order valence-corrected chi connectivity index (χ4v) is 4.99. The molecular weight excluding hydrogens is 392 g/mol. The van der Waals surface area contributed by atoms with Gasteiger partial charge in [-0.2, -0.15) is 4.31 Å². The molecule has 2 aliphatic rings. The molecule has 1 N–H and O–H groups in total. The molecule has 1 aromatic heterocycles. The molecule has 1 fully saturated rings. The van der Waals surface area contributed by atoms with Crippen LogP contribution in [0.1, 0.15) is 41.5 Å². The lowest BCUT2D eigenvalue weighted by Gasteiger charge is -2.28. The summed E-state index contributed by atoms with van der Waals surface area (Å²) in [7, 11) is -1.66. The molecule has 3 heterocycles. The van der Waals surface area contributed by atoms with E-state index in [4.69, 9.17) is 9.72 Å². The lowest BCUT2D eigenvalue weighted by atomic mass is 10.1. The number of methoxy groups -OCH3 is 1. The number of ether oxygens (including phenoxy) is 1. The summed E-state index contributed by atoms with van der Waals surface area (Å²) in [5.41, 5.74) is 2.17. The molecular formula is C20H26N4O4S. The predicted molar refractivity (Wildman–Crippen MR) is 109 cm³/mol. The molecule has 0 saturated carbocycles. The second-order valence-corrected chi connectivity index (χ2v) is 9.69. The molecule has 1 unspecified atom stereocenters. The van der Waals surface area contributed by atoms with Gasteiger partial charge in [-0.05, 0) is 43.5 Å². The summed E-state index contributed by atoms with van der Waals surface area (Å²) in [4.78, 5) is 22.6. The average Bonchev–Trinajstić information content (AvgIpc) is 3.15. The number of H-pyrrole nitrogens is 1.